The third-order valence-corrected chi connectivity index (χ3v) is 4.88. The summed E-state index contributed by atoms with van der Waals surface area (Å²) in [6.07, 6.45) is 0. The molecule has 16 heteroatoms. The molecule has 3 aromatic carbocycles. The van der Waals surface area contributed by atoms with Crippen molar-refractivity contribution in [3.63, 3.8) is 0 Å². The number of fused-ring (bicyclic) bond motifs is 1. The normalized spacial score (nSPS) is 10.7. The first kappa shape index (κ1) is 22.2. The first-order valence-electron chi connectivity index (χ1n) is 9.17. The molecule has 172 valence electrons. The third kappa shape index (κ3) is 4.05. The summed E-state index contributed by atoms with van der Waals surface area (Å²) in [5.41, 5.74) is 3.20. The molecule has 1 aromatic heterocycles. The summed E-state index contributed by atoms with van der Waals surface area (Å²) in [6.45, 7) is 0. The average molecular weight is 487 g/mol. The van der Waals surface area contributed by atoms with E-state index in [1.807, 2.05) is 0 Å². The zero-order chi connectivity index (χ0) is 24.6. The van der Waals surface area contributed by atoms with Gasteiger partial charge in [0.15, 0.2) is 0 Å². The summed E-state index contributed by atoms with van der Waals surface area (Å²) in [5, 5.41) is 51.2. The molecule has 0 fully saturated rings. The van der Waals surface area contributed by atoms with Crippen molar-refractivity contribution in [2.75, 3.05) is 10.9 Å². The van der Waals surface area contributed by atoms with Crippen LogP contribution < -0.4 is 15.7 Å². The molecule has 15 nitrogen and oxygen atoms in total. The van der Waals surface area contributed by atoms with Crippen molar-refractivity contribution in [3.8, 4) is 5.69 Å². The molecule has 0 saturated heterocycles. The molecule has 0 amide bonds. The Labute approximate surface area is 192 Å². The zero-order valence-corrected chi connectivity index (χ0v) is 17.4. The van der Waals surface area contributed by atoms with Crippen molar-refractivity contribution >= 4 is 51.1 Å². The van der Waals surface area contributed by atoms with E-state index < -0.39 is 42.9 Å². The number of nitrogens with zero attached hydrogens (tertiary/aromatic N) is 6. The molecule has 2 N–H and O–H groups in total. The van der Waals surface area contributed by atoms with Crippen molar-refractivity contribution in [3.05, 3.63) is 95.2 Å². The van der Waals surface area contributed by atoms with Gasteiger partial charge in [-0.2, -0.15) is 0 Å². The van der Waals surface area contributed by atoms with Crippen LogP contribution in [0.15, 0.2) is 54.6 Å². The van der Waals surface area contributed by atoms with Crippen LogP contribution in [-0.4, -0.2) is 24.7 Å². The summed E-state index contributed by atoms with van der Waals surface area (Å²) in [4.78, 5) is 32.3. The molecule has 0 aliphatic rings. The molecular weight excluding hydrogens is 476 g/mol. The lowest BCUT2D eigenvalue weighted by Gasteiger charge is -2.11. The lowest BCUT2D eigenvalue weighted by atomic mass is 10.2. The minimum Gasteiger partial charge on any atom is -0.692 e. The summed E-state index contributed by atoms with van der Waals surface area (Å²) in [6, 6.07) is 11.6. The van der Waals surface area contributed by atoms with Crippen LogP contribution in [0.3, 0.4) is 0 Å². The molecule has 34 heavy (non-hydrogen) atoms. The number of hydrogen-bond donors (Lipinski definition) is 2. The second kappa shape index (κ2) is 8.47. The third-order valence-electron chi connectivity index (χ3n) is 4.63. The van der Waals surface area contributed by atoms with Crippen molar-refractivity contribution in [1.29, 1.82) is 0 Å². The predicted molar refractivity (Wildman–Crippen MR) is 119 cm³/mol. The van der Waals surface area contributed by atoms with Gasteiger partial charge in [0.1, 0.15) is 11.4 Å². The van der Waals surface area contributed by atoms with Crippen LogP contribution in [-0.2, 0) is 0 Å². The van der Waals surface area contributed by atoms with Gasteiger partial charge in [0, 0.05) is 11.1 Å². The smallest absolute Gasteiger partial charge is 0.334 e. The summed E-state index contributed by atoms with van der Waals surface area (Å²) in [5.74, 6) is 0. The van der Waals surface area contributed by atoms with E-state index in [-0.39, 0.29) is 16.2 Å². The van der Waals surface area contributed by atoms with Gasteiger partial charge >= 0.3 is 11.2 Å². The summed E-state index contributed by atoms with van der Waals surface area (Å²) in [7, 11) is 0. The maximum absolute atomic E-state index is 12.7. The molecule has 0 bridgehead atoms. The van der Waals surface area contributed by atoms with E-state index in [9.17, 15) is 35.6 Å². The number of rotatable bonds is 7. The molecule has 0 aliphatic heterocycles. The number of nitrogens with one attached hydrogen (secondary N) is 2. The Morgan fingerprint density at radius 3 is 2.15 bits per heavy atom. The van der Waals surface area contributed by atoms with Crippen LogP contribution in [0.25, 0.3) is 16.7 Å². The number of halogens is 1. The van der Waals surface area contributed by atoms with Crippen LogP contribution >= 0.6 is 11.6 Å². The van der Waals surface area contributed by atoms with E-state index >= 15 is 0 Å². The highest BCUT2D eigenvalue weighted by Crippen LogP contribution is 2.30. The van der Waals surface area contributed by atoms with Crippen molar-refractivity contribution < 1.29 is 19.6 Å². The Balaban J connectivity index is 1.76. The second-order valence-corrected chi connectivity index (χ2v) is 7.16. The van der Waals surface area contributed by atoms with Crippen molar-refractivity contribution in [2.45, 2.75) is 0 Å². The number of aromatic nitrogens is 3. The molecule has 4 rings (SSSR count). The van der Waals surface area contributed by atoms with E-state index in [2.05, 4.69) is 16.0 Å². The van der Waals surface area contributed by atoms with Gasteiger partial charge in [0.2, 0.25) is 5.52 Å². The van der Waals surface area contributed by atoms with Crippen LogP contribution in [0.1, 0.15) is 0 Å². The highest BCUT2D eigenvalue weighted by Gasteiger charge is 2.31. The number of non-ortho nitro benzene ring substituents is 2. The SMILES string of the molecule is O=[N+]([O-])c1cc([N+](=O)[O-])c2nn(-c3ccc(NNc4ccc(Cl)cc4)c([N+](=O)[O-])c3)[n+]([O-])c2c1. The fraction of sp³-hybridized carbons (Fsp3) is 0. The molecule has 4 aromatic rings. The number of hydrogen-bond acceptors (Lipinski definition) is 10. The monoisotopic (exact) mass is 486 g/mol. The van der Waals surface area contributed by atoms with Gasteiger partial charge in [-0.25, -0.2) is 0 Å². The first-order valence-corrected chi connectivity index (χ1v) is 9.55. The highest BCUT2D eigenvalue weighted by molar-refractivity contribution is 6.30. The quantitative estimate of drug-likeness (QED) is 0.168. The van der Waals surface area contributed by atoms with Crippen LogP contribution in [0.5, 0.6) is 0 Å². The average Bonchev–Trinajstić information content (AvgIpc) is 3.14. The van der Waals surface area contributed by atoms with E-state index in [1.54, 1.807) is 24.3 Å². The highest BCUT2D eigenvalue weighted by atomic mass is 35.5. The van der Waals surface area contributed by atoms with Gasteiger partial charge in [-0.3, -0.25) is 35.8 Å². The molecule has 0 saturated carbocycles. The zero-order valence-electron chi connectivity index (χ0n) is 16.6. The molecule has 0 aliphatic carbocycles. The van der Waals surface area contributed by atoms with Crippen LogP contribution in [0.4, 0.5) is 28.4 Å². The first-order chi connectivity index (χ1) is 16.2. The largest absolute Gasteiger partial charge is 0.692 e. The van der Waals surface area contributed by atoms with Crippen molar-refractivity contribution in [1.82, 2.24) is 9.90 Å². The van der Waals surface area contributed by atoms with E-state index in [1.165, 1.54) is 12.1 Å². The molecule has 0 radical (unpaired) electrons. The van der Waals surface area contributed by atoms with Gasteiger partial charge in [-0.05, 0) is 41.2 Å². The lowest BCUT2D eigenvalue weighted by molar-refractivity contribution is -0.664. The second-order valence-electron chi connectivity index (χ2n) is 6.72. The van der Waals surface area contributed by atoms with Crippen LogP contribution in [0.2, 0.25) is 5.02 Å². The molecule has 0 unspecified atom stereocenters. The van der Waals surface area contributed by atoms with Gasteiger partial charge in [-0.15, -0.1) is 4.85 Å². The maximum atomic E-state index is 12.7. The molecule has 0 atom stereocenters. The fourth-order valence-corrected chi connectivity index (χ4v) is 3.18. The van der Waals surface area contributed by atoms with E-state index in [0.717, 1.165) is 12.1 Å². The number of hydrazine groups is 1. The summed E-state index contributed by atoms with van der Waals surface area (Å²) < 4.78 is 0. The van der Waals surface area contributed by atoms with Gasteiger partial charge in [0.05, 0.1) is 37.7 Å². The van der Waals surface area contributed by atoms with E-state index in [4.69, 9.17) is 11.6 Å². The Kier molecular flexibility index (Phi) is 5.52. The van der Waals surface area contributed by atoms with Crippen molar-refractivity contribution in [2.24, 2.45) is 0 Å². The number of nitro groups is 3. The fourth-order valence-electron chi connectivity index (χ4n) is 3.06. The standard InChI is InChI=1S/C18H11ClN8O7/c19-10-1-3-11(4-2-10)20-21-14-6-5-12(7-15(14)26(31)32)23-22-18-16(24(23)28)8-13(25(29)30)9-17(18)27(33)34/h1-9,20-21H. The Morgan fingerprint density at radius 2 is 1.53 bits per heavy atom. The topological polar surface area (TPSA) is 198 Å². The Hall–Kier alpha value is -5.05. The Bertz CT molecular complexity index is 1470. The number of nitro benzene ring substituents is 3. The minimum absolute atomic E-state index is 0.0412. The summed E-state index contributed by atoms with van der Waals surface area (Å²) >= 11 is 5.82. The number of anilines is 2. The minimum atomic E-state index is -0.912. The molecular formula is C18H11ClN8O7. The van der Waals surface area contributed by atoms with Gasteiger partial charge in [-0.1, -0.05) is 11.6 Å². The number of benzene rings is 3. The molecule has 1 heterocycles. The predicted octanol–water partition coefficient (Wildman–Crippen LogP) is 3.48. The van der Waals surface area contributed by atoms with Crippen LogP contribution in [0, 0.1) is 35.6 Å². The molecule has 0 spiro atoms. The van der Waals surface area contributed by atoms with E-state index in [0.29, 0.717) is 21.6 Å². The van der Waals surface area contributed by atoms with Gasteiger partial charge in [0.25, 0.3) is 11.4 Å². The Morgan fingerprint density at radius 1 is 0.853 bits per heavy atom. The van der Waals surface area contributed by atoms with Gasteiger partial charge < -0.3 is 10.6 Å². The lowest BCUT2D eigenvalue weighted by Crippen LogP contribution is -2.37. The maximum Gasteiger partial charge on any atom is 0.334 e.